The van der Waals surface area contributed by atoms with Crippen molar-refractivity contribution in [3.8, 4) is 0 Å². The lowest BCUT2D eigenvalue weighted by atomic mass is 10.3. The maximum absolute atomic E-state index is 6.29. The highest BCUT2D eigenvalue weighted by Gasteiger charge is 2.19. The van der Waals surface area contributed by atoms with Gasteiger partial charge in [0.1, 0.15) is 12.0 Å². The molecule has 0 bridgehead atoms. The Kier molecular flexibility index (Phi) is 5.47. The number of nitrogens with zero attached hydrogens (tertiary/aromatic N) is 5. The molecule has 23 heavy (non-hydrogen) atoms. The molecule has 1 aromatic heterocycles. The molecule has 2 saturated heterocycles. The van der Waals surface area contributed by atoms with E-state index in [4.69, 9.17) is 10.5 Å². The molecule has 0 spiro atoms. The summed E-state index contributed by atoms with van der Waals surface area (Å²) in [6.07, 6.45) is 1.60. The molecular formula is C15H27N7O. The van der Waals surface area contributed by atoms with Crippen molar-refractivity contribution in [2.45, 2.75) is 0 Å². The largest absolute Gasteiger partial charge is 0.393 e. The van der Waals surface area contributed by atoms with Crippen LogP contribution in [0.5, 0.6) is 0 Å². The molecule has 128 valence electrons. The SMILES string of the molecule is CN1CCN(c2ncnc(NCCN3CCOCC3)c2N)CC1. The third-order valence-corrected chi connectivity index (χ3v) is 4.49. The lowest BCUT2D eigenvalue weighted by Crippen LogP contribution is -2.45. The summed E-state index contributed by atoms with van der Waals surface area (Å²) < 4.78 is 5.36. The molecule has 0 saturated carbocycles. The molecular weight excluding hydrogens is 294 g/mol. The van der Waals surface area contributed by atoms with E-state index < -0.39 is 0 Å². The lowest BCUT2D eigenvalue weighted by Gasteiger charge is -2.33. The monoisotopic (exact) mass is 321 g/mol. The van der Waals surface area contributed by atoms with E-state index in [0.29, 0.717) is 5.69 Å². The number of ether oxygens (including phenoxy) is 1. The van der Waals surface area contributed by atoms with Gasteiger partial charge in [0, 0.05) is 52.4 Å². The van der Waals surface area contributed by atoms with Gasteiger partial charge in [-0.25, -0.2) is 9.97 Å². The smallest absolute Gasteiger partial charge is 0.157 e. The predicted octanol–water partition coefficient (Wildman–Crippen LogP) is -0.445. The van der Waals surface area contributed by atoms with Crippen molar-refractivity contribution in [1.29, 1.82) is 0 Å². The number of morpholine rings is 1. The zero-order valence-electron chi connectivity index (χ0n) is 13.9. The second-order valence-corrected chi connectivity index (χ2v) is 6.13. The summed E-state index contributed by atoms with van der Waals surface area (Å²) in [6.45, 7) is 9.38. The number of aromatic nitrogens is 2. The second kappa shape index (κ2) is 7.76. The van der Waals surface area contributed by atoms with Crippen molar-refractivity contribution in [3.05, 3.63) is 6.33 Å². The van der Waals surface area contributed by atoms with Gasteiger partial charge >= 0.3 is 0 Å². The average Bonchev–Trinajstić information content (AvgIpc) is 2.58. The fraction of sp³-hybridized carbons (Fsp3) is 0.733. The lowest BCUT2D eigenvalue weighted by molar-refractivity contribution is 0.0398. The van der Waals surface area contributed by atoms with Gasteiger partial charge in [-0.3, -0.25) is 4.90 Å². The predicted molar refractivity (Wildman–Crippen MR) is 91.9 cm³/mol. The number of nitrogens with two attached hydrogens (primary N) is 1. The van der Waals surface area contributed by atoms with E-state index in [0.717, 1.165) is 77.2 Å². The Morgan fingerprint density at radius 1 is 1.13 bits per heavy atom. The van der Waals surface area contributed by atoms with Gasteiger partial charge in [0.2, 0.25) is 0 Å². The Morgan fingerprint density at radius 2 is 1.87 bits per heavy atom. The van der Waals surface area contributed by atoms with Crippen LogP contribution < -0.4 is 16.0 Å². The quantitative estimate of drug-likeness (QED) is 0.755. The highest BCUT2D eigenvalue weighted by atomic mass is 16.5. The molecule has 2 aliphatic rings. The third kappa shape index (κ3) is 4.21. The second-order valence-electron chi connectivity index (χ2n) is 6.13. The zero-order chi connectivity index (χ0) is 16.1. The van der Waals surface area contributed by atoms with Gasteiger partial charge in [-0.1, -0.05) is 0 Å². The summed E-state index contributed by atoms with van der Waals surface area (Å²) in [5, 5.41) is 3.35. The molecule has 0 amide bonds. The van der Waals surface area contributed by atoms with Gasteiger partial charge < -0.3 is 25.6 Å². The van der Waals surface area contributed by atoms with Crippen LogP contribution in [0, 0.1) is 0 Å². The molecule has 8 heteroatoms. The summed E-state index contributed by atoms with van der Waals surface area (Å²) in [5.41, 5.74) is 6.94. The first-order valence-corrected chi connectivity index (χ1v) is 8.32. The fourth-order valence-electron chi connectivity index (χ4n) is 2.95. The zero-order valence-corrected chi connectivity index (χ0v) is 13.9. The van der Waals surface area contributed by atoms with Crippen LogP contribution in [-0.2, 0) is 4.74 Å². The van der Waals surface area contributed by atoms with E-state index in [-0.39, 0.29) is 0 Å². The molecule has 0 unspecified atom stereocenters. The average molecular weight is 321 g/mol. The van der Waals surface area contributed by atoms with Gasteiger partial charge in [0.05, 0.1) is 13.2 Å². The number of hydrogen-bond donors (Lipinski definition) is 2. The Balaban J connectivity index is 1.56. The Morgan fingerprint density at radius 3 is 2.61 bits per heavy atom. The molecule has 8 nitrogen and oxygen atoms in total. The number of anilines is 3. The molecule has 0 aromatic carbocycles. The van der Waals surface area contributed by atoms with Gasteiger partial charge in [-0.2, -0.15) is 0 Å². The maximum Gasteiger partial charge on any atom is 0.157 e. The fourth-order valence-corrected chi connectivity index (χ4v) is 2.95. The van der Waals surface area contributed by atoms with E-state index in [1.165, 1.54) is 0 Å². The molecule has 0 aliphatic carbocycles. The number of hydrogen-bond acceptors (Lipinski definition) is 8. The first kappa shape index (κ1) is 16.2. The van der Waals surface area contributed by atoms with Crippen LogP contribution in [-0.4, -0.2) is 92.4 Å². The number of nitrogens with one attached hydrogen (secondary N) is 1. The van der Waals surface area contributed by atoms with Crippen molar-refractivity contribution >= 4 is 17.3 Å². The van der Waals surface area contributed by atoms with E-state index >= 15 is 0 Å². The van der Waals surface area contributed by atoms with Gasteiger partial charge in [0.15, 0.2) is 11.6 Å². The van der Waals surface area contributed by atoms with Crippen LogP contribution in [0.4, 0.5) is 17.3 Å². The molecule has 3 N–H and O–H groups in total. The third-order valence-electron chi connectivity index (χ3n) is 4.49. The van der Waals surface area contributed by atoms with E-state index in [1.807, 2.05) is 0 Å². The summed E-state index contributed by atoms with van der Waals surface area (Å²) in [6, 6.07) is 0. The van der Waals surface area contributed by atoms with E-state index in [2.05, 4.69) is 37.0 Å². The summed E-state index contributed by atoms with van der Waals surface area (Å²) in [5.74, 6) is 1.59. The van der Waals surface area contributed by atoms with Crippen LogP contribution in [0.2, 0.25) is 0 Å². The van der Waals surface area contributed by atoms with E-state index in [1.54, 1.807) is 6.33 Å². The van der Waals surface area contributed by atoms with Crippen LogP contribution >= 0.6 is 0 Å². The molecule has 0 atom stereocenters. The van der Waals surface area contributed by atoms with Crippen molar-refractivity contribution in [2.24, 2.45) is 0 Å². The first-order chi connectivity index (χ1) is 11.2. The first-order valence-electron chi connectivity index (χ1n) is 8.32. The highest BCUT2D eigenvalue weighted by molar-refractivity contribution is 5.75. The summed E-state index contributed by atoms with van der Waals surface area (Å²) in [4.78, 5) is 15.6. The van der Waals surface area contributed by atoms with Crippen molar-refractivity contribution in [3.63, 3.8) is 0 Å². The minimum atomic E-state index is 0.652. The summed E-state index contributed by atoms with van der Waals surface area (Å²) in [7, 11) is 2.14. The summed E-state index contributed by atoms with van der Waals surface area (Å²) >= 11 is 0. The molecule has 2 fully saturated rings. The highest BCUT2D eigenvalue weighted by Crippen LogP contribution is 2.26. The maximum atomic E-state index is 6.29. The minimum Gasteiger partial charge on any atom is -0.393 e. The van der Waals surface area contributed by atoms with E-state index in [9.17, 15) is 0 Å². The number of rotatable bonds is 5. The van der Waals surface area contributed by atoms with Gasteiger partial charge in [-0.05, 0) is 7.05 Å². The molecule has 0 radical (unpaired) electrons. The van der Waals surface area contributed by atoms with Crippen LogP contribution in [0.25, 0.3) is 0 Å². The van der Waals surface area contributed by atoms with Gasteiger partial charge in [-0.15, -0.1) is 0 Å². The Labute approximate surface area is 137 Å². The number of nitrogen functional groups attached to an aromatic ring is 1. The molecule has 2 aliphatic heterocycles. The topological polar surface area (TPSA) is 82.8 Å². The molecule has 3 heterocycles. The minimum absolute atomic E-state index is 0.652. The number of likely N-dealkylation sites (N-methyl/N-ethyl adjacent to an activating group) is 1. The van der Waals surface area contributed by atoms with Crippen molar-refractivity contribution in [1.82, 2.24) is 19.8 Å². The van der Waals surface area contributed by atoms with Crippen molar-refractivity contribution < 1.29 is 4.74 Å². The van der Waals surface area contributed by atoms with Crippen LogP contribution in [0.3, 0.4) is 0 Å². The van der Waals surface area contributed by atoms with Gasteiger partial charge in [0.25, 0.3) is 0 Å². The van der Waals surface area contributed by atoms with Crippen LogP contribution in [0.1, 0.15) is 0 Å². The Hall–Kier alpha value is -1.64. The molecule has 3 rings (SSSR count). The number of piperazine rings is 1. The van der Waals surface area contributed by atoms with Crippen LogP contribution in [0.15, 0.2) is 6.33 Å². The normalized spacial score (nSPS) is 20.7. The Bertz CT molecular complexity index is 499. The molecule has 1 aromatic rings. The van der Waals surface area contributed by atoms with Crippen molar-refractivity contribution in [2.75, 3.05) is 88.6 Å². The standard InChI is InChI=1S/C15H27N7O/c1-20-4-6-22(7-5-20)15-13(16)14(18-12-19-15)17-2-3-21-8-10-23-11-9-21/h12H,2-11,16H2,1H3,(H,17,18,19).